The Hall–Kier alpha value is -2.40. The van der Waals surface area contributed by atoms with Crippen LogP contribution in [0.5, 0.6) is 0 Å². The summed E-state index contributed by atoms with van der Waals surface area (Å²) in [5.41, 5.74) is 6.45. The molecule has 1 aromatic heterocycles. The largest absolute Gasteiger partial charge is 0.396 e. The molecule has 0 bridgehead atoms. The number of aromatic nitrogens is 1. The van der Waals surface area contributed by atoms with Crippen LogP contribution in [-0.4, -0.2) is 22.6 Å². The molecule has 1 aliphatic carbocycles. The summed E-state index contributed by atoms with van der Waals surface area (Å²) in [7, 11) is 0. The van der Waals surface area contributed by atoms with Crippen LogP contribution in [0.15, 0.2) is 18.2 Å². The number of H-pyrrole nitrogens is 1. The van der Waals surface area contributed by atoms with Crippen LogP contribution in [0.25, 0.3) is 11.6 Å². The minimum absolute atomic E-state index is 0.143. The van der Waals surface area contributed by atoms with Crippen LogP contribution < -0.4 is 5.32 Å². The second-order valence-electron chi connectivity index (χ2n) is 7.06. The van der Waals surface area contributed by atoms with Crippen molar-refractivity contribution < 1.29 is 14.3 Å². The second-order valence-corrected chi connectivity index (χ2v) is 7.06. The molecule has 5 heteroatoms. The molecule has 0 saturated heterocycles. The second kappa shape index (κ2) is 7.08. The molecular weight excluding hydrogens is 331 g/mol. The van der Waals surface area contributed by atoms with Crippen molar-refractivity contribution in [2.24, 2.45) is 0 Å². The number of aliphatic hydroxyl groups is 1. The smallest absolute Gasteiger partial charge is 0.256 e. The monoisotopic (exact) mass is 354 g/mol. The van der Waals surface area contributed by atoms with E-state index >= 15 is 0 Å². The van der Waals surface area contributed by atoms with Gasteiger partial charge in [0.1, 0.15) is 5.82 Å². The fraction of sp³-hybridized carbons (Fsp3) is 0.381. The molecular formula is C21H23FN2O2. The Morgan fingerprint density at radius 2 is 2.04 bits per heavy atom. The third-order valence-electron chi connectivity index (χ3n) is 5.33. The lowest BCUT2D eigenvalue weighted by atomic mass is 9.98. The minimum Gasteiger partial charge on any atom is -0.396 e. The fourth-order valence-corrected chi connectivity index (χ4v) is 4.07. The van der Waals surface area contributed by atoms with Gasteiger partial charge in [0.2, 0.25) is 0 Å². The fourth-order valence-electron chi connectivity index (χ4n) is 4.07. The van der Waals surface area contributed by atoms with Crippen molar-refractivity contribution in [1.29, 1.82) is 0 Å². The van der Waals surface area contributed by atoms with E-state index in [9.17, 15) is 14.3 Å². The lowest BCUT2D eigenvalue weighted by Crippen LogP contribution is -2.04. The number of fused-ring (bicyclic) bond motifs is 2. The van der Waals surface area contributed by atoms with Crippen LogP contribution in [0.4, 0.5) is 10.1 Å². The molecule has 0 spiro atoms. The molecule has 1 amide bonds. The molecule has 0 atom stereocenters. The topological polar surface area (TPSA) is 65.1 Å². The van der Waals surface area contributed by atoms with Gasteiger partial charge in [0.15, 0.2) is 0 Å². The summed E-state index contributed by atoms with van der Waals surface area (Å²) < 4.78 is 13.7. The summed E-state index contributed by atoms with van der Waals surface area (Å²) in [5.74, 6) is -0.558. The first-order valence-corrected chi connectivity index (χ1v) is 9.34. The number of carbonyl (C=O) groups excluding carboxylic acids is 1. The number of amides is 1. The molecule has 2 heterocycles. The Labute approximate surface area is 152 Å². The number of nitrogens with one attached hydrogen (secondary N) is 2. The van der Waals surface area contributed by atoms with Gasteiger partial charge in [-0.05, 0) is 73.9 Å². The summed E-state index contributed by atoms with van der Waals surface area (Å²) in [6.45, 7) is 0.143. The lowest BCUT2D eigenvalue weighted by molar-refractivity contribution is -0.110. The molecule has 4 nitrogen and oxygen atoms in total. The highest BCUT2D eigenvalue weighted by Gasteiger charge is 2.26. The number of rotatable bonds is 4. The summed E-state index contributed by atoms with van der Waals surface area (Å²) in [6, 6.07) is 4.35. The van der Waals surface area contributed by atoms with E-state index in [1.165, 1.54) is 41.8 Å². The third-order valence-corrected chi connectivity index (χ3v) is 5.33. The van der Waals surface area contributed by atoms with Crippen LogP contribution in [0.3, 0.4) is 0 Å². The number of carbonyl (C=O) groups is 1. The zero-order chi connectivity index (χ0) is 18.1. The SMILES string of the molecule is O=C1Nc2ccc(F)cc2C1=Cc1[nH]c2c(c1CCCO)CCCCC2. The Kier molecular flexibility index (Phi) is 4.64. The number of benzene rings is 1. The average Bonchev–Trinajstić information content (AvgIpc) is 2.99. The molecule has 0 radical (unpaired) electrons. The van der Waals surface area contributed by atoms with Gasteiger partial charge in [-0.1, -0.05) is 6.42 Å². The molecule has 136 valence electrons. The molecule has 1 aliphatic heterocycles. The van der Waals surface area contributed by atoms with Crippen LogP contribution in [0.2, 0.25) is 0 Å². The number of halogens is 1. The van der Waals surface area contributed by atoms with Gasteiger partial charge in [0.05, 0.1) is 5.57 Å². The molecule has 1 aromatic carbocycles. The van der Waals surface area contributed by atoms with E-state index in [-0.39, 0.29) is 18.3 Å². The van der Waals surface area contributed by atoms with Gasteiger partial charge in [0.25, 0.3) is 5.91 Å². The number of hydrogen-bond acceptors (Lipinski definition) is 2. The van der Waals surface area contributed by atoms with E-state index in [1.807, 2.05) is 6.08 Å². The zero-order valence-corrected chi connectivity index (χ0v) is 14.7. The molecule has 0 fully saturated rings. The first-order valence-electron chi connectivity index (χ1n) is 9.34. The van der Waals surface area contributed by atoms with Gasteiger partial charge in [-0.25, -0.2) is 4.39 Å². The highest BCUT2D eigenvalue weighted by molar-refractivity contribution is 6.34. The summed E-state index contributed by atoms with van der Waals surface area (Å²) in [5, 5.41) is 12.1. The predicted molar refractivity (Wildman–Crippen MR) is 100 cm³/mol. The van der Waals surface area contributed by atoms with E-state index in [4.69, 9.17) is 0 Å². The number of aliphatic hydroxyl groups excluding tert-OH is 1. The van der Waals surface area contributed by atoms with Crippen molar-refractivity contribution >= 4 is 23.2 Å². The summed E-state index contributed by atoms with van der Waals surface area (Å²) >= 11 is 0. The molecule has 3 N–H and O–H groups in total. The molecule has 4 rings (SSSR count). The van der Waals surface area contributed by atoms with Crippen molar-refractivity contribution in [3.63, 3.8) is 0 Å². The van der Waals surface area contributed by atoms with E-state index in [1.54, 1.807) is 6.07 Å². The summed E-state index contributed by atoms with van der Waals surface area (Å²) in [6.07, 6.45) is 8.93. The van der Waals surface area contributed by atoms with Crippen molar-refractivity contribution in [3.8, 4) is 0 Å². The van der Waals surface area contributed by atoms with Gasteiger partial charge in [-0.3, -0.25) is 4.79 Å². The van der Waals surface area contributed by atoms with Gasteiger partial charge in [-0.15, -0.1) is 0 Å². The first-order chi connectivity index (χ1) is 12.7. The van der Waals surface area contributed by atoms with Crippen molar-refractivity contribution in [2.45, 2.75) is 44.9 Å². The number of aromatic amines is 1. The van der Waals surface area contributed by atoms with Crippen LogP contribution >= 0.6 is 0 Å². The maximum Gasteiger partial charge on any atom is 0.256 e. The standard InChI is InChI=1S/C21H23FN2O2/c22-13-8-9-19-16(11-13)17(21(26)24-19)12-20-15(6-4-10-25)14-5-2-1-3-7-18(14)23-20/h8-9,11-12,23,25H,1-7,10H2,(H,24,26). The Morgan fingerprint density at radius 3 is 2.88 bits per heavy atom. The van der Waals surface area contributed by atoms with Gasteiger partial charge >= 0.3 is 0 Å². The highest BCUT2D eigenvalue weighted by atomic mass is 19.1. The zero-order valence-electron chi connectivity index (χ0n) is 14.7. The van der Waals surface area contributed by atoms with Crippen molar-refractivity contribution in [1.82, 2.24) is 4.98 Å². The van der Waals surface area contributed by atoms with E-state index in [2.05, 4.69) is 10.3 Å². The van der Waals surface area contributed by atoms with E-state index in [0.29, 0.717) is 23.2 Å². The number of hydrogen-bond donors (Lipinski definition) is 3. The van der Waals surface area contributed by atoms with Crippen LogP contribution in [0.1, 0.15) is 53.8 Å². The first kappa shape index (κ1) is 17.0. The molecule has 2 aromatic rings. The van der Waals surface area contributed by atoms with Gasteiger partial charge < -0.3 is 15.4 Å². The molecule has 0 unspecified atom stereocenters. The maximum atomic E-state index is 13.7. The number of anilines is 1. The minimum atomic E-state index is -0.353. The van der Waals surface area contributed by atoms with Crippen LogP contribution in [-0.2, 0) is 24.1 Å². The van der Waals surface area contributed by atoms with E-state index in [0.717, 1.165) is 31.4 Å². The average molecular weight is 354 g/mol. The molecule has 2 aliphatic rings. The lowest BCUT2D eigenvalue weighted by Gasteiger charge is -2.05. The quantitative estimate of drug-likeness (QED) is 0.577. The highest BCUT2D eigenvalue weighted by Crippen LogP contribution is 2.35. The van der Waals surface area contributed by atoms with Gasteiger partial charge in [-0.2, -0.15) is 0 Å². The maximum absolute atomic E-state index is 13.7. The van der Waals surface area contributed by atoms with Crippen LogP contribution in [0, 0.1) is 5.82 Å². The Morgan fingerprint density at radius 1 is 1.19 bits per heavy atom. The Bertz CT molecular complexity index is 882. The molecule has 26 heavy (non-hydrogen) atoms. The summed E-state index contributed by atoms with van der Waals surface area (Å²) in [4.78, 5) is 15.9. The van der Waals surface area contributed by atoms with Crippen molar-refractivity contribution in [2.75, 3.05) is 11.9 Å². The number of aryl methyl sites for hydroxylation is 1. The Balaban J connectivity index is 1.80. The van der Waals surface area contributed by atoms with Gasteiger partial charge in [0, 0.05) is 29.2 Å². The van der Waals surface area contributed by atoms with E-state index < -0.39 is 0 Å². The normalized spacial score (nSPS) is 17.8. The third kappa shape index (κ3) is 3.07. The predicted octanol–water partition coefficient (Wildman–Crippen LogP) is 3.84. The molecule has 0 saturated carbocycles. The van der Waals surface area contributed by atoms with Crippen molar-refractivity contribution in [3.05, 3.63) is 52.1 Å².